The molecule has 1 aliphatic rings. The minimum atomic E-state index is -0.371. The lowest BCUT2D eigenvalue weighted by Crippen LogP contribution is -2.40. The average molecular weight is 412 g/mol. The van der Waals surface area contributed by atoms with Gasteiger partial charge in [0.05, 0.1) is 29.3 Å². The zero-order valence-corrected chi connectivity index (χ0v) is 16.5. The van der Waals surface area contributed by atoms with Gasteiger partial charge in [0.1, 0.15) is 10.8 Å². The molecule has 0 spiro atoms. The molecule has 6 nitrogen and oxygen atoms in total. The van der Waals surface area contributed by atoms with Crippen LogP contribution in [0.2, 0.25) is 0 Å². The van der Waals surface area contributed by atoms with Crippen LogP contribution in [0, 0.1) is 5.82 Å². The van der Waals surface area contributed by atoms with Crippen LogP contribution in [-0.2, 0) is 9.59 Å². The first-order valence-corrected chi connectivity index (χ1v) is 10.3. The molecular weight excluding hydrogens is 391 g/mol. The second kappa shape index (κ2) is 8.67. The largest absolute Gasteiger partial charge is 0.346 e. The van der Waals surface area contributed by atoms with Gasteiger partial charge in [-0.1, -0.05) is 12.1 Å². The first kappa shape index (κ1) is 19.5. The maximum Gasteiger partial charge on any atom is 0.243 e. The standard InChI is InChI=1S/C21H21FN4O2S/c22-14-7-9-15(10-8-14)24-19(27)12-23-20(28)13-26-11-3-5-17(26)21-25-16-4-1-2-6-18(16)29-21/h1-2,4,6-10,17H,3,5,11-13H2,(H,23,28)(H,24,27)/t17-/m1/s1. The highest BCUT2D eigenvalue weighted by atomic mass is 32.1. The fourth-order valence-corrected chi connectivity index (χ4v) is 4.62. The summed E-state index contributed by atoms with van der Waals surface area (Å²) >= 11 is 1.67. The number of benzene rings is 2. The molecule has 1 atom stereocenters. The van der Waals surface area contributed by atoms with Crippen molar-refractivity contribution in [3.63, 3.8) is 0 Å². The lowest BCUT2D eigenvalue weighted by atomic mass is 10.2. The van der Waals surface area contributed by atoms with Crippen molar-refractivity contribution in [3.05, 3.63) is 59.4 Å². The normalized spacial score (nSPS) is 16.8. The number of nitrogens with one attached hydrogen (secondary N) is 2. The summed E-state index contributed by atoms with van der Waals surface area (Å²) in [5, 5.41) is 6.31. The Hall–Kier alpha value is -2.84. The Balaban J connectivity index is 1.30. The molecule has 2 N–H and O–H groups in total. The van der Waals surface area contributed by atoms with Crippen molar-refractivity contribution >= 4 is 39.1 Å². The van der Waals surface area contributed by atoms with E-state index in [1.807, 2.05) is 18.2 Å². The highest BCUT2D eigenvalue weighted by Gasteiger charge is 2.30. The molecule has 2 amide bonds. The average Bonchev–Trinajstić information content (AvgIpc) is 3.34. The fourth-order valence-electron chi connectivity index (χ4n) is 3.49. The predicted molar refractivity (Wildman–Crippen MR) is 111 cm³/mol. The van der Waals surface area contributed by atoms with Crippen LogP contribution in [0.4, 0.5) is 10.1 Å². The van der Waals surface area contributed by atoms with E-state index in [0.717, 1.165) is 34.6 Å². The van der Waals surface area contributed by atoms with Gasteiger partial charge in [0.15, 0.2) is 0 Å². The number of halogens is 1. The molecule has 150 valence electrons. The first-order chi connectivity index (χ1) is 14.1. The smallest absolute Gasteiger partial charge is 0.243 e. The SMILES string of the molecule is O=C(CN1CCC[C@@H]1c1nc2ccccc2s1)NCC(=O)Nc1ccc(F)cc1. The molecule has 0 radical (unpaired) electrons. The van der Waals surface area contributed by atoms with E-state index in [1.54, 1.807) is 11.3 Å². The topological polar surface area (TPSA) is 74.3 Å². The van der Waals surface area contributed by atoms with E-state index in [4.69, 9.17) is 4.98 Å². The molecule has 2 aromatic carbocycles. The Morgan fingerprint density at radius 3 is 2.72 bits per heavy atom. The van der Waals surface area contributed by atoms with Crippen LogP contribution in [0.25, 0.3) is 10.2 Å². The number of hydrogen-bond donors (Lipinski definition) is 2. The monoisotopic (exact) mass is 412 g/mol. The predicted octanol–water partition coefficient (Wildman–Crippen LogP) is 3.33. The zero-order valence-electron chi connectivity index (χ0n) is 15.7. The molecule has 8 heteroatoms. The molecule has 1 aromatic heterocycles. The second-order valence-corrected chi connectivity index (χ2v) is 8.04. The molecule has 1 aliphatic heterocycles. The third kappa shape index (κ3) is 4.78. The highest BCUT2D eigenvalue weighted by molar-refractivity contribution is 7.18. The molecule has 1 saturated heterocycles. The van der Waals surface area contributed by atoms with Crippen LogP contribution >= 0.6 is 11.3 Å². The summed E-state index contributed by atoms with van der Waals surface area (Å²) in [6, 6.07) is 13.6. The Labute approximate surface area is 171 Å². The molecule has 1 fully saturated rings. The van der Waals surface area contributed by atoms with Gasteiger partial charge < -0.3 is 10.6 Å². The maximum absolute atomic E-state index is 12.9. The van der Waals surface area contributed by atoms with Gasteiger partial charge in [-0.3, -0.25) is 14.5 Å². The number of hydrogen-bond acceptors (Lipinski definition) is 5. The number of aromatic nitrogens is 1. The Kier molecular flexibility index (Phi) is 5.82. The van der Waals surface area contributed by atoms with E-state index in [1.165, 1.54) is 24.3 Å². The first-order valence-electron chi connectivity index (χ1n) is 9.50. The lowest BCUT2D eigenvalue weighted by molar-refractivity contribution is -0.125. The van der Waals surface area contributed by atoms with Crippen LogP contribution in [0.1, 0.15) is 23.9 Å². The molecule has 0 aliphatic carbocycles. The van der Waals surface area contributed by atoms with Crippen molar-refractivity contribution in [3.8, 4) is 0 Å². The van der Waals surface area contributed by atoms with Crippen molar-refractivity contribution in [2.24, 2.45) is 0 Å². The Morgan fingerprint density at radius 1 is 1.14 bits per heavy atom. The Bertz CT molecular complexity index is 988. The summed E-state index contributed by atoms with van der Waals surface area (Å²) in [5.41, 5.74) is 1.47. The number of likely N-dealkylation sites (tertiary alicyclic amines) is 1. The van der Waals surface area contributed by atoms with E-state index in [2.05, 4.69) is 21.6 Å². The fraction of sp³-hybridized carbons (Fsp3) is 0.286. The molecule has 2 heterocycles. The van der Waals surface area contributed by atoms with Gasteiger partial charge in [-0.05, 0) is 55.8 Å². The third-order valence-corrected chi connectivity index (χ3v) is 6.02. The summed E-state index contributed by atoms with van der Waals surface area (Å²) in [7, 11) is 0. The van der Waals surface area contributed by atoms with Gasteiger partial charge in [-0.15, -0.1) is 11.3 Å². The van der Waals surface area contributed by atoms with Crippen molar-refractivity contribution in [2.75, 3.05) is 25.0 Å². The molecule has 29 heavy (non-hydrogen) atoms. The van der Waals surface area contributed by atoms with Gasteiger partial charge in [0.2, 0.25) is 11.8 Å². The van der Waals surface area contributed by atoms with E-state index >= 15 is 0 Å². The number of nitrogens with zero attached hydrogens (tertiary/aromatic N) is 2. The number of anilines is 1. The van der Waals surface area contributed by atoms with Crippen LogP contribution in [-0.4, -0.2) is 41.3 Å². The number of carbonyl (C=O) groups is 2. The van der Waals surface area contributed by atoms with Gasteiger partial charge in [0.25, 0.3) is 0 Å². The van der Waals surface area contributed by atoms with Gasteiger partial charge in [0, 0.05) is 5.69 Å². The Morgan fingerprint density at radius 2 is 1.93 bits per heavy atom. The molecule has 0 saturated carbocycles. The van der Waals surface area contributed by atoms with E-state index < -0.39 is 0 Å². The molecular formula is C21H21FN4O2S. The summed E-state index contributed by atoms with van der Waals surface area (Å²) in [4.78, 5) is 31.2. The number of amides is 2. The van der Waals surface area contributed by atoms with Crippen LogP contribution in [0.5, 0.6) is 0 Å². The van der Waals surface area contributed by atoms with E-state index in [-0.39, 0.29) is 36.8 Å². The molecule has 0 bridgehead atoms. The number of carbonyl (C=O) groups excluding carboxylic acids is 2. The summed E-state index contributed by atoms with van der Waals surface area (Å²) in [6.07, 6.45) is 1.98. The van der Waals surface area contributed by atoms with E-state index in [0.29, 0.717) is 5.69 Å². The number of fused-ring (bicyclic) bond motifs is 1. The minimum absolute atomic E-state index is 0.129. The van der Waals surface area contributed by atoms with Crippen LogP contribution in [0.3, 0.4) is 0 Å². The van der Waals surface area contributed by atoms with Gasteiger partial charge >= 0.3 is 0 Å². The van der Waals surface area contributed by atoms with Crippen molar-refractivity contribution in [1.82, 2.24) is 15.2 Å². The van der Waals surface area contributed by atoms with Crippen molar-refractivity contribution in [2.45, 2.75) is 18.9 Å². The lowest BCUT2D eigenvalue weighted by Gasteiger charge is -2.22. The van der Waals surface area contributed by atoms with E-state index in [9.17, 15) is 14.0 Å². The number of thiazole rings is 1. The second-order valence-electron chi connectivity index (χ2n) is 6.98. The zero-order chi connectivity index (χ0) is 20.2. The molecule has 3 aromatic rings. The van der Waals surface area contributed by atoms with Gasteiger partial charge in [-0.25, -0.2) is 9.37 Å². The maximum atomic E-state index is 12.9. The van der Waals surface area contributed by atoms with Crippen LogP contribution in [0.15, 0.2) is 48.5 Å². The van der Waals surface area contributed by atoms with Crippen molar-refractivity contribution in [1.29, 1.82) is 0 Å². The third-order valence-electron chi connectivity index (χ3n) is 4.88. The van der Waals surface area contributed by atoms with Crippen molar-refractivity contribution < 1.29 is 14.0 Å². The number of rotatable bonds is 6. The molecule has 0 unspecified atom stereocenters. The highest BCUT2D eigenvalue weighted by Crippen LogP contribution is 2.36. The number of para-hydroxylation sites is 1. The summed E-state index contributed by atoms with van der Waals surface area (Å²) < 4.78 is 14.1. The summed E-state index contributed by atoms with van der Waals surface area (Å²) in [5.74, 6) is -0.925. The van der Waals surface area contributed by atoms with Gasteiger partial charge in [-0.2, -0.15) is 0 Å². The van der Waals surface area contributed by atoms with Crippen LogP contribution < -0.4 is 10.6 Å². The quantitative estimate of drug-likeness (QED) is 0.651. The molecule has 4 rings (SSSR count). The minimum Gasteiger partial charge on any atom is -0.346 e. The summed E-state index contributed by atoms with van der Waals surface area (Å²) in [6.45, 7) is 0.927.